The Hall–Kier alpha value is -2.54. The summed E-state index contributed by atoms with van der Waals surface area (Å²) in [7, 11) is 3.26. The van der Waals surface area contributed by atoms with Crippen LogP contribution >= 0.6 is 0 Å². The molecule has 0 radical (unpaired) electrons. The van der Waals surface area contributed by atoms with Crippen LogP contribution < -0.4 is 15.2 Å². The summed E-state index contributed by atoms with van der Waals surface area (Å²) in [4.78, 5) is 18.4. The van der Waals surface area contributed by atoms with Crippen LogP contribution in [0, 0.1) is 19.8 Å². The molecule has 0 aliphatic carbocycles. The van der Waals surface area contributed by atoms with Crippen molar-refractivity contribution in [1.29, 1.82) is 0 Å². The molecule has 1 aliphatic heterocycles. The summed E-state index contributed by atoms with van der Waals surface area (Å²) < 4.78 is 16.9. The maximum Gasteiger partial charge on any atom is 0.230 e. The molecule has 27 heavy (non-hydrogen) atoms. The third-order valence-electron chi connectivity index (χ3n) is 5.18. The summed E-state index contributed by atoms with van der Waals surface area (Å²) in [6.45, 7) is 6.08. The maximum atomic E-state index is 11.5. The van der Waals surface area contributed by atoms with Crippen molar-refractivity contribution < 1.29 is 18.7 Å². The van der Waals surface area contributed by atoms with Crippen molar-refractivity contribution >= 4 is 5.91 Å². The summed E-state index contributed by atoms with van der Waals surface area (Å²) >= 11 is 0. The molecule has 0 spiro atoms. The van der Waals surface area contributed by atoms with E-state index in [0.717, 1.165) is 47.7 Å². The third-order valence-corrected chi connectivity index (χ3v) is 5.18. The molecule has 1 aliphatic rings. The Bertz CT molecular complexity index is 831. The van der Waals surface area contributed by atoms with Crippen LogP contribution in [0.5, 0.6) is 11.5 Å². The Kier molecular flexibility index (Phi) is 5.70. The SMILES string of the molecule is COc1ccc(-c2nc(CN3CCC[C@@H](C(N)=O)C3)c(C)o2)c(OC)c1C. The molecular weight excluding hydrogens is 346 g/mol. The number of piperidine rings is 1. The molecule has 2 heterocycles. The summed E-state index contributed by atoms with van der Waals surface area (Å²) in [6.07, 6.45) is 1.82. The highest BCUT2D eigenvalue weighted by molar-refractivity contribution is 5.77. The first kappa shape index (κ1) is 19.2. The smallest absolute Gasteiger partial charge is 0.230 e. The first-order valence-corrected chi connectivity index (χ1v) is 9.14. The Morgan fingerprint density at radius 3 is 2.78 bits per heavy atom. The molecule has 1 fully saturated rings. The van der Waals surface area contributed by atoms with Gasteiger partial charge < -0.3 is 19.6 Å². The highest BCUT2D eigenvalue weighted by Gasteiger charge is 2.26. The van der Waals surface area contributed by atoms with E-state index >= 15 is 0 Å². The predicted octanol–water partition coefficient (Wildman–Crippen LogP) is 2.67. The summed E-state index contributed by atoms with van der Waals surface area (Å²) in [5.41, 5.74) is 8.03. The average molecular weight is 373 g/mol. The molecule has 0 unspecified atom stereocenters. The lowest BCUT2D eigenvalue weighted by Gasteiger charge is -2.30. The quantitative estimate of drug-likeness (QED) is 0.837. The first-order valence-electron chi connectivity index (χ1n) is 9.14. The molecule has 7 heteroatoms. The minimum absolute atomic E-state index is 0.0882. The molecule has 0 bridgehead atoms. The van der Waals surface area contributed by atoms with E-state index in [9.17, 15) is 4.79 Å². The minimum Gasteiger partial charge on any atom is -0.496 e. The summed E-state index contributed by atoms with van der Waals surface area (Å²) in [6, 6.07) is 3.78. The number of aromatic nitrogens is 1. The Morgan fingerprint density at radius 2 is 2.11 bits per heavy atom. The van der Waals surface area contributed by atoms with Gasteiger partial charge in [-0.05, 0) is 45.4 Å². The van der Waals surface area contributed by atoms with Crippen molar-refractivity contribution in [2.45, 2.75) is 33.2 Å². The lowest BCUT2D eigenvalue weighted by Crippen LogP contribution is -2.40. The molecule has 1 atom stereocenters. The molecule has 2 aromatic rings. The molecule has 146 valence electrons. The van der Waals surface area contributed by atoms with Crippen LogP contribution in [-0.4, -0.2) is 43.1 Å². The number of oxazole rings is 1. The summed E-state index contributed by atoms with van der Waals surface area (Å²) in [5, 5.41) is 0. The number of benzene rings is 1. The Labute approximate surface area is 159 Å². The molecule has 2 N–H and O–H groups in total. The molecule has 7 nitrogen and oxygen atoms in total. The first-order chi connectivity index (χ1) is 12.9. The lowest BCUT2D eigenvalue weighted by atomic mass is 9.97. The van der Waals surface area contributed by atoms with Crippen LogP contribution in [0.4, 0.5) is 0 Å². The fourth-order valence-corrected chi connectivity index (χ4v) is 3.66. The number of likely N-dealkylation sites (tertiary alicyclic amines) is 1. The number of hydrogen-bond donors (Lipinski definition) is 1. The van der Waals surface area contributed by atoms with Crippen LogP contribution in [0.1, 0.15) is 29.9 Å². The number of rotatable bonds is 6. The van der Waals surface area contributed by atoms with Crippen LogP contribution in [0.2, 0.25) is 0 Å². The van der Waals surface area contributed by atoms with Crippen molar-refractivity contribution in [3.05, 3.63) is 29.2 Å². The fourth-order valence-electron chi connectivity index (χ4n) is 3.66. The number of aryl methyl sites for hydroxylation is 1. The van der Waals surface area contributed by atoms with Crippen LogP contribution in [0.25, 0.3) is 11.5 Å². The zero-order valence-electron chi connectivity index (χ0n) is 16.4. The van der Waals surface area contributed by atoms with Gasteiger partial charge in [-0.2, -0.15) is 0 Å². The van der Waals surface area contributed by atoms with Gasteiger partial charge in [-0.1, -0.05) is 0 Å². The molecule has 1 saturated heterocycles. The number of amides is 1. The molecule has 1 aromatic carbocycles. The number of methoxy groups -OCH3 is 2. The van der Waals surface area contributed by atoms with E-state index in [2.05, 4.69) is 4.90 Å². The highest BCUT2D eigenvalue weighted by Crippen LogP contribution is 2.38. The second kappa shape index (κ2) is 8.00. The number of carbonyl (C=O) groups excluding carboxylic acids is 1. The van der Waals surface area contributed by atoms with Gasteiger partial charge >= 0.3 is 0 Å². The second-order valence-electron chi connectivity index (χ2n) is 6.97. The van der Waals surface area contributed by atoms with Gasteiger partial charge in [0.05, 0.1) is 31.4 Å². The van der Waals surface area contributed by atoms with Gasteiger partial charge in [0.1, 0.15) is 17.3 Å². The number of nitrogens with two attached hydrogens (primary N) is 1. The summed E-state index contributed by atoms with van der Waals surface area (Å²) in [5.74, 6) is 2.42. The largest absolute Gasteiger partial charge is 0.496 e. The highest BCUT2D eigenvalue weighted by atomic mass is 16.5. The zero-order chi connectivity index (χ0) is 19.6. The van der Waals surface area contributed by atoms with Gasteiger partial charge in [-0.3, -0.25) is 9.69 Å². The van der Waals surface area contributed by atoms with Crippen molar-refractivity contribution in [2.24, 2.45) is 11.7 Å². The predicted molar refractivity (Wildman–Crippen MR) is 102 cm³/mol. The number of primary amides is 1. The fraction of sp³-hybridized carbons (Fsp3) is 0.500. The van der Waals surface area contributed by atoms with Crippen molar-refractivity contribution in [3.8, 4) is 23.0 Å². The van der Waals surface area contributed by atoms with Crippen LogP contribution in [-0.2, 0) is 11.3 Å². The van der Waals surface area contributed by atoms with E-state index in [1.165, 1.54) is 0 Å². The zero-order valence-corrected chi connectivity index (χ0v) is 16.4. The average Bonchev–Trinajstić information content (AvgIpc) is 3.02. The van der Waals surface area contributed by atoms with Crippen LogP contribution in [0.15, 0.2) is 16.5 Å². The van der Waals surface area contributed by atoms with Gasteiger partial charge in [0.25, 0.3) is 0 Å². The molecular formula is C20H27N3O4. The minimum atomic E-state index is -0.226. The lowest BCUT2D eigenvalue weighted by molar-refractivity contribution is -0.123. The molecule has 0 saturated carbocycles. The van der Waals surface area contributed by atoms with Crippen molar-refractivity contribution in [2.75, 3.05) is 27.3 Å². The molecule has 1 amide bonds. The van der Waals surface area contributed by atoms with Gasteiger partial charge in [-0.25, -0.2) is 4.98 Å². The standard InChI is InChI=1S/C20H27N3O4/c1-12-17(25-3)8-7-15(18(12)26-4)20-22-16(13(2)27-20)11-23-9-5-6-14(10-23)19(21)24/h7-8,14H,5-6,9-11H2,1-4H3,(H2,21,24)/t14-/m1/s1. The van der Waals surface area contributed by atoms with E-state index in [4.69, 9.17) is 24.6 Å². The van der Waals surface area contributed by atoms with E-state index in [1.54, 1.807) is 14.2 Å². The van der Waals surface area contributed by atoms with E-state index in [1.807, 2.05) is 26.0 Å². The third kappa shape index (κ3) is 3.93. The second-order valence-corrected chi connectivity index (χ2v) is 6.97. The Morgan fingerprint density at radius 1 is 1.33 bits per heavy atom. The monoisotopic (exact) mass is 373 g/mol. The van der Waals surface area contributed by atoms with Crippen molar-refractivity contribution in [3.63, 3.8) is 0 Å². The number of hydrogen-bond acceptors (Lipinski definition) is 6. The maximum absolute atomic E-state index is 11.5. The normalized spacial score (nSPS) is 17.7. The van der Waals surface area contributed by atoms with E-state index in [-0.39, 0.29) is 11.8 Å². The topological polar surface area (TPSA) is 90.8 Å². The van der Waals surface area contributed by atoms with Gasteiger partial charge in [0, 0.05) is 18.7 Å². The molecule has 1 aromatic heterocycles. The van der Waals surface area contributed by atoms with E-state index < -0.39 is 0 Å². The van der Waals surface area contributed by atoms with Crippen molar-refractivity contribution in [1.82, 2.24) is 9.88 Å². The van der Waals surface area contributed by atoms with Gasteiger partial charge in [0.15, 0.2) is 0 Å². The van der Waals surface area contributed by atoms with E-state index in [0.29, 0.717) is 24.7 Å². The van der Waals surface area contributed by atoms with Gasteiger partial charge in [0.2, 0.25) is 11.8 Å². The van der Waals surface area contributed by atoms with Gasteiger partial charge in [-0.15, -0.1) is 0 Å². The number of carbonyl (C=O) groups is 1. The van der Waals surface area contributed by atoms with Crippen LogP contribution in [0.3, 0.4) is 0 Å². The number of ether oxygens (including phenoxy) is 2. The number of nitrogens with zero attached hydrogens (tertiary/aromatic N) is 2. The Balaban J connectivity index is 1.85. The molecule has 3 rings (SSSR count).